The van der Waals surface area contributed by atoms with Gasteiger partial charge < -0.3 is 20.6 Å². The van der Waals surface area contributed by atoms with Crippen LogP contribution in [-0.4, -0.2) is 36.2 Å². The summed E-state index contributed by atoms with van der Waals surface area (Å²) >= 11 is 0. The molecule has 1 atom stereocenters. The molecule has 0 radical (unpaired) electrons. The number of carbonyl (C=O) groups excluding carboxylic acids is 1. The van der Waals surface area contributed by atoms with Crippen LogP contribution < -0.4 is 15.5 Å². The number of rotatable bonds is 5. The summed E-state index contributed by atoms with van der Waals surface area (Å²) in [6.45, 7) is 2.16. The van der Waals surface area contributed by atoms with Crippen LogP contribution >= 0.6 is 0 Å². The molecule has 1 fully saturated rings. The molecule has 1 saturated heterocycles. The summed E-state index contributed by atoms with van der Waals surface area (Å²) in [5.74, 6) is -0.956. The van der Waals surface area contributed by atoms with E-state index in [1.165, 1.54) is 17.8 Å². The van der Waals surface area contributed by atoms with Gasteiger partial charge in [0.1, 0.15) is 0 Å². The highest BCUT2D eigenvalue weighted by molar-refractivity contribution is 5.87. The largest absolute Gasteiger partial charge is 0.478 e. The van der Waals surface area contributed by atoms with Crippen LogP contribution in [0.2, 0.25) is 0 Å². The van der Waals surface area contributed by atoms with E-state index in [4.69, 9.17) is 5.11 Å². The van der Waals surface area contributed by atoms with Crippen LogP contribution in [0, 0.1) is 0 Å². The SMILES string of the molecule is O=C(NCc1ccc(C(=O)O)cc1)NC1CCCN(c2ccccc2)C1. The molecule has 3 rings (SSSR count). The summed E-state index contributed by atoms with van der Waals surface area (Å²) in [4.78, 5) is 25.3. The zero-order chi connectivity index (χ0) is 18.4. The Morgan fingerprint density at radius 1 is 1.08 bits per heavy atom. The summed E-state index contributed by atoms with van der Waals surface area (Å²) in [6, 6.07) is 16.6. The normalized spacial score (nSPS) is 16.8. The Balaban J connectivity index is 1.47. The zero-order valence-corrected chi connectivity index (χ0v) is 14.5. The van der Waals surface area contributed by atoms with Crippen molar-refractivity contribution in [1.29, 1.82) is 0 Å². The monoisotopic (exact) mass is 353 g/mol. The predicted molar refractivity (Wildman–Crippen MR) is 100 cm³/mol. The molecule has 0 aromatic heterocycles. The fourth-order valence-electron chi connectivity index (χ4n) is 3.15. The number of hydrogen-bond acceptors (Lipinski definition) is 3. The van der Waals surface area contributed by atoms with Gasteiger partial charge in [-0.2, -0.15) is 0 Å². The van der Waals surface area contributed by atoms with Gasteiger partial charge in [0, 0.05) is 31.4 Å². The van der Waals surface area contributed by atoms with Crippen LogP contribution in [0.3, 0.4) is 0 Å². The zero-order valence-electron chi connectivity index (χ0n) is 14.5. The molecule has 2 aromatic rings. The molecule has 6 nitrogen and oxygen atoms in total. The number of anilines is 1. The second-order valence-electron chi connectivity index (χ2n) is 6.45. The second-order valence-corrected chi connectivity index (χ2v) is 6.45. The molecule has 2 aromatic carbocycles. The number of piperidine rings is 1. The Morgan fingerprint density at radius 2 is 1.81 bits per heavy atom. The van der Waals surface area contributed by atoms with Gasteiger partial charge in [-0.15, -0.1) is 0 Å². The van der Waals surface area contributed by atoms with Gasteiger partial charge in [-0.25, -0.2) is 9.59 Å². The van der Waals surface area contributed by atoms with Gasteiger partial charge >= 0.3 is 12.0 Å². The lowest BCUT2D eigenvalue weighted by Crippen LogP contribution is -2.50. The molecule has 1 unspecified atom stereocenters. The van der Waals surface area contributed by atoms with E-state index in [9.17, 15) is 9.59 Å². The molecule has 0 bridgehead atoms. The molecule has 6 heteroatoms. The summed E-state index contributed by atoms with van der Waals surface area (Å²) in [5.41, 5.74) is 2.28. The minimum atomic E-state index is -0.956. The Labute approximate surface area is 152 Å². The number of nitrogens with one attached hydrogen (secondary N) is 2. The summed E-state index contributed by atoms with van der Waals surface area (Å²) in [5, 5.41) is 14.8. The average Bonchev–Trinajstić information content (AvgIpc) is 2.67. The van der Waals surface area contributed by atoms with E-state index in [1.54, 1.807) is 12.1 Å². The lowest BCUT2D eigenvalue weighted by Gasteiger charge is -2.34. The first-order chi connectivity index (χ1) is 12.6. The van der Waals surface area contributed by atoms with Crippen molar-refractivity contribution in [3.05, 3.63) is 65.7 Å². The molecule has 1 aliphatic heterocycles. The summed E-state index contributed by atoms with van der Waals surface area (Å²) in [6.07, 6.45) is 2.00. The van der Waals surface area contributed by atoms with Crippen LogP contribution in [0.1, 0.15) is 28.8 Å². The van der Waals surface area contributed by atoms with Crippen molar-refractivity contribution in [2.45, 2.75) is 25.4 Å². The fourth-order valence-corrected chi connectivity index (χ4v) is 3.15. The number of amides is 2. The van der Waals surface area contributed by atoms with E-state index in [2.05, 4.69) is 27.7 Å². The maximum absolute atomic E-state index is 12.2. The van der Waals surface area contributed by atoms with Gasteiger partial charge in [-0.05, 0) is 42.7 Å². The minimum Gasteiger partial charge on any atom is -0.478 e. The van der Waals surface area contributed by atoms with Crippen molar-refractivity contribution >= 4 is 17.7 Å². The molecular weight excluding hydrogens is 330 g/mol. The smallest absolute Gasteiger partial charge is 0.335 e. The van der Waals surface area contributed by atoms with Gasteiger partial charge in [0.25, 0.3) is 0 Å². The van der Waals surface area contributed by atoms with Crippen molar-refractivity contribution in [2.75, 3.05) is 18.0 Å². The molecule has 1 heterocycles. The molecule has 3 N–H and O–H groups in total. The molecule has 0 saturated carbocycles. The summed E-state index contributed by atoms with van der Waals surface area (Å²) in [7, 11) is 0. The quantitative estimate of drug-likeness (QED) is 0.772. The lowest BCUT2D eigenvalue weighted by molar-refractivity contribution is 0.0697. The van der Waals surface area contributed by atoms with Crippen molar-refractivity contribution in [3.63, 3.8) is 0 Å². The minimum absolute atomic E-state index is 0.110. The number of urea groups is 1. The highest BCUT2D eigenvalue weighted by Crippen LogP contribution is 2.19. The highest BCUT2D eigenvalue weighted by Gasteiger charge is 2.21. The van der Waals surface area contributed by atoms with E-state index in [0.717, 1.165) is 31.5 Å². The van der Waals surface area contributed by atoms with Gasteiger partial charge in [0.15, 0.2) is 0 Å². The fraction of sp³-hybridized carbons (Fsp3) is 0.300. The Morgan fingerprint density at radius 3 is 2.50 bits per heavy atom. The number of carboxylic acids is 1. The highest BCUT2D eigenvalue weighted by atomic mass is 16.4. The van der Waals surface area contributed by atoms with Crippen molar-refractivity contribution in [1.82, 2.24) is 10.6 Å². The number of carbonyl (C=O) groups is 2. The van der Waals surface area contributed by atoms with Crippen LogP contribution in [-0.2, 0) is 6.54 Å². The maximum atomic E-state index is 12.2. The molecule has 0 spiro atoms. The third-order valence-electron chi connectivity index (χ3n) is 4.53. The number of benzene rings is 2. The van der Waals surface area contributed by atoms with E-state index >= 15 is 0 Å². The third-order valence-corrected chi connectivity index (χ3v) is 4.53. The Kier molecular flexibility index (Phi) is 5.73. The second kappa shape index (κ2) is 8.38. The van der Waals surface area contributed by atoms with Gasteiger partial charge in [0.05, 0.1) is 5.56 Å². The molecule has 0 aliphatic carbocycles. The van der Waals surface area contributed by atoms with Crippen molar-refractivity contribution in [3.8, 4) is 0 Å². The number of para-hydroxylation sites is 1. The molecule has 2 amide bonds. The van der Waals surface area contributed by atoms with Gasteiger partial charge in [-0.1, -0.05) is 30.3 Å². The lowest BCUT2D eigenvalue weighted by atomic mass is 10.1. The van der Waals surface area contributed by atoms with E-state index in [0.29, 0.717) is 6.54 Å². The molecule has 26 heavy (non-hydrogen) atoms. The number of carboxylic acid groups (broad SMARTS) is 1. The van der Waals surface area contributed by atoms with Gasteiger partial charge in [0.2, 0.25) is 0 Å². The van der Waals surface area contributed by atoms with Crippen molar-refractivity contribution in [2.24, 2.45) is 0 Å². The van der Waals surface area contributed by atoms with Crippen LogP contribution in [0.15, 0.2) is 54.6 Å². The maximum Gasteiger partial charge on any atom is 0.335 e. The molecule has 136 valence electrons. The standard InChI is InChI=1S/C20H23N3O3/c24-19(25)16-10-8-15(9-11-16)13-21-20(26)22-17-5-4-12-23(14-17)18-6-2-1-3-7-18/h1-3,6-11,17H,4-5,12-14H2,(H,24,25)(H2,21,22,26). The van der Waals surface area contributed by atoms with E-state index < -0.39 is 5.97 Å². The topological polar surface area (TPSA) is 81.7 Å². The van der Waals surface area contributed by atoms with Gasteiger partial charge in [-0.3, -0.25) is 0 Å². The number of hydrogen-bond donors (Lipinski definition) is 3. The summed E-state index contributed by atoms with van der Waals surface area (Å²) < 4.78 is 0. The first kappa shape index (κ1) is 17.8. The van der Waals surface area contributed by atoms with E-state index in [1.807, 2.05) is 18.2 Å². The molecular formula is C20H23N3O3. The number of nitrogens with zero attached hydrogens (tertiary/aromatic N) is 1. The van der Waals surface area contributed by atoms with Crippen LogP contribution in [0.5, 0.6) is 0 Å². The van der Waals surface area contributed by atoms with E-state index in [-0.39, 0.29) is 17.6 Å². The average molecular weight is 353 g/mol. The first-order valence-electron chi connectivity index (χ1n) is 8.78. The van der Waals surface area contributed by atoms with Crippen LogP contribution in [0.25, 0.3) is 0 Å². The molecule has 1 aliphatic rings. The Hall–Kier alpha value is -3.02. The van der Waals surface area contributed by atoms with Crippen molar-refractivity contribution < 1.29 is 14.7 Å². The third kappa shape index (κ3) is 4.75. The van der Waals surface area contributed by atoms with Crippen LogP contribution in [0.4, 0.5) is 10.5 Å². The number of aromatic carboxylic acids is 1. The Bertz CT molecular complexity index is 747. The predicted octanol–water partition coefficient (Wildman–Crippen LogP) is 2.85. The first-order valence-corrected chi connectivity index (χ1v) is 8.78.